The van der Waals surface area contributed by atoms with E-state index in [4.69, 9.17) is 19.3 Å². The highest BCUT2D eigenvalue weighted by Gasteiger charge is 2.38. The predicted molar refractivity (Wildman–Crippen MR) is 113 cm³/mol. The van der Waals surface area contributed by atoms with Crippen molar-refractivity contribution in [1.82, 2.24) is 5.32 Å². The lowest BCUT2D eigenvalue weighted by atomic mass is 10.1. The highest BCUT2D eigenvalue weighted by molar-refractivity contribution is 6.39. The van der Waals surface area contributed by atoms with Crippen molar-refractivity contribution in [2.24, 2.45) is 0 Å². The second-order valence-electron chi connectivity index (χ2n) is 6.63. The molecule has 1 fully saturated rings. The smallest absolute Gasteiger partial charge is 0.344 e. The maximum Gasteiger partial charge on any atom is 0.344 e. The summed E-state index contributed by atoms with van der Waals surface area (Å²) in [6, 6.07) is 9.84. The number of urea groups is 1. The second-order valence-corrected chi connectivity index (χ2v) is 6.63. The first-order chi connectivity index (χ1) is 15.3. The minimum Gasteiger partial charge on any atom is -0.497 e. The highest BCUT2D eigenvalue weighted by atomic mass is 16.5. The van der Waals surface area contributed by atoms with Crippen LogP contribution in [0.4, 0.5) is 10.5 Å². The molecule has 0 radical (unpaired) electrons. The molecule has 2 N–H and O–H groups in total. The number of amides is 4. The molecule has 3 rings (SSSR count). The number of carbonyl (C=O) groups excluding carboxylic acids is 3. The lowest BCUT2D eigenvalue weighted by molar-refractivity contribution is -0.144. The van der Waals surface area contributed by atoms with E-state index < -0.39 is 29.9 Å². The molecule has 0 aliphatic carbocycles. The summed E-state index contributed by atoms with van der Waals surface area (Å²) in [5, 5.41) is 11.2. The van der Waals surface area contributed by atoms with Gasteiger partial charge in [-0.15, -0.1) is 0 Å². The Balaban J connectivity index is 2.04. The molecular formula is C22H20N2O8. The quantitative estimate of drug-likeness (QED) is 0.495. The molecule has 0 spiro atoms. The zero-order valence-corrected chi connectivity index (χ0v) is 17.4. The Bertz CT molecular complexity index is 1120. The van der Waals surface area contributed by atoms with Crippen LogP contribution in [-0.4, -0.2) is 49.2 Å². The molecular weight excluding hydrogens is 420 g/mol. The third kappa shape index (κ3) is 4.38. The van der Waals surface area contributed by atoms with Crippen molar-refractivity contribution in [3.8, 4) is 17.2 Å². The second kappa shape index (κ2) is 9.21. The van der Waals surface area contributed by atoms with Crippen LogP contribution in [0.25, 0.3) is 6.08 Å². The number of ether oxygens (including phenoxy) is 3. The largest absolute Gasteiger partial charge is 0.497 e. The van der Waals surface area contributed by atoms with Gasteiger partial charge in [-0.1, -0.05) is 18.2 Å². The molecule has 0 bridgehead atoms. The molecule has 1 aliphatic heterocycles. The molecule has 32 heavy (non-hydrogen) atoms. The fourth-order valence-corrected chi connectivity index (χ4v) is 2.95. The Kier molecular flexibility index (Phi) is 6.43. The number of para-hydroxylation sites is 1. The number of nitrogens with one attached hydrogen (secondary N) is 1. The van der Waals surface area contributed by atoms with Crippen molar-refractivity contribution in [1.29, 1.82) is 0 Å². The Morgan fingerprint density at radius 1 is 1.06 bits per heavy atom. The van der Waals surface area contributed by atoms with Crippen LogP contribution in [0.2, 0.25) is 0 Å². The fourth-order valence-electron chi connectivity index (χ4n) is 2.95. The molecule has 2 aromatic rings. The number of imide groups is 2. The van der Waals surface area contributed by atoms with Crippen molar-refractivity contribution in [3.63, 3.8) is 0 Å². The van der Waals surface area contributed by atoms with Crippen molar-refractivity contribution >= 4 is 35.6 Å². The maximum absolute atomic E-state index is 13.2. The van der Waals surface area contributed by atoms with Crippen LogP contribution < -0.4 is 24.4 Å². The summed E-state index contributed by atoms with van der Waals surface area (Å²) in [6.45, 7) is 1.35. The van der Waals surface area contributed by atoms with E-state index >= 15 is 0 Å². The van der Waals surface area contributed by atoms with Crippen LogP contribution in [0.3, 0.4) is 0 Å². The molecule has 1 atom stereocenters. The Hall–Kier alpha value is -4.34. The summed E-state index contributed by atoms with van der Waals surface area (Å²) < 4.78 is 15.8. The van der Waals surface area contributed by atoms with Crippen molar-refractivity contribution < 1.29 is 38.5 Å². The number of carboxylic acid groups (broad SMARTS) is 1. The number of rotatable bonds is 7. The van der Waals surface area contributed by atoms with E-state index in [1.54, 1.807) is 18.2 Å². The first-order valence-corrected chi connectivity index (χ1v) is 9.38. The van der Waals surface area contributed by atoms with Crippen LogP contribution in [0.5, 0.6) is 17.2 Å². The number of aliphatic carboxylic acids is 1. The van der Waals surface area contributed by atoms with Gasteiger partial charge in [0.15, 0.2) is 6.10 Å². The zero-order chi connectivity index (χ0) is 23.4. The van der Waals surface area contributed by atoms with Gasteiger partial charge in [0.25, 0.3) is 11.8 Å². The van der Waals surface area contributed by atoms with Gasteiger partial charge in [0.2, 0.25) is 0 Å². The van der Waals surface area contributed by atoms with Gasteiger partial charge >= 0.3 is 12.0 Å². The van der Waals surface area contributed by atoms with E-state index in [0.717, 1.165) is 4.90 Å². The number of nitrogens with zero attached hydrogens (tertiary/aromatic N) is 1. The van der Waals surface area contributed by atoms with Gasteiger partial charge in [-0.05, 0) is 31.2 Å². The summed E-state index contributed by atoms with van der Waals surface area (Å²) in [5.41, 5.74) is 0.0508. The van der Waals surface area contributed by atoms with Crippen LogP contribution >= 0.6 is 0 Å². The highest BCUT2D eigenvalue weighted by Crippen LogP contribution is 2.34. The van der Waals surface area contributed by atoms with Crippen molar-refractivity contribution in [2.45, 2.75) is 13.0 Å². The van der Waals surface area contributed by atoms with Gasteiger partial charge in [0.1, 0.15) is 22.8 Å². The monoisotopic (exact) mass is 440 g/mol. The van der Waals surface area contributed by atoms with Gasteiger partial charge in [-0.25, -0.2) is 14.5 Å². The molecule has 0 aromatic heterocycles. The molecule has 10 heteroatoms. The Morgan fingerprint density at radius 2 is 1.78 bits per heavy atom. The summed E-state index contributed by atoms with van der Waals surface area (Å²) in [6.07, 6.45) is 0.0730. The molecule has 166 valence electrons. The summed E-state index contributed by atoms with van der Waals surface area (Å²) in [4.78, 5) is 50.0. The lowest BCUT2D eigenvalue weighted by Gasteiger charge is -2.27. The minimum atomic E-state index is -1.18. The maximum atomic E-state index is 13.2. The summed E-state index contributed by atoms with van der Waals surface area (Å²) in [7, 11) is 2.82. The normalized spacial score (nSPS) is 15.9. The molecule has 1 heterocycles. The standard InChI is InChI=1S/C22H20N2O8/c1-12(21(27)28)32-17-7-5-4-6-13(17)10-15-19(25)23-22(29)24(20(15)26)16-9-8-14(30-2)11-18(16)31-3/h4-12H,1-3H3,(H,27,28)(H,23,25,29)/b15-10+/t12-/m1/s1. The van der Waals surface area contributed by atoms with E-state index in [-0.39, 0.29) is 28.3 Å². The number of carboxylic acids is 1. The molecule has 2 aromatic carbocycles. The SMILES string of the molecule is COc1ccc(N2C(=O)NC(=O)/C(=C\c3ccccc3O[C@H](C)C(=O)O)C2=O)c(OC)c1. The number of barbiturate groups is 1. The van der Waals surface area contributed by atoms with E-state index in [1.807, 2.05) is 0 Å². The lowest BCUT2D eigenvalue weighted by Crippen LogP contribution is -2.54. The van der Waals surface area contributed by atoms with Gasteiger partial charge in [0, 0.05) is 11.6 Å². The van der Waals surface area contributed by atoms with Gasteiger partial charge < -0.3 is 19.3 Å². The molecule has 0 unspecified atom stereocenters. The van der Waals surface area contributed by atoms with E-state index in [9.17, 15) is 19.2 Å². The number of hydrogen-bond acceptors (Lipinski definition) is 7. The third-order valence-corrected chi connectivity index (χ3v) is 4.60. The van der Waals surface area contributed by atoms with Gasteiger partial charge in [-0.2, -0.15) is 0 Å². The number of carbonyl (C=O) groups is 4. The molecule has 1 saturated heterocycles. The summed E-state index contributed by atoms with van der Waals surface area (Å²) >= 11 is 0. The van der Waals surface area contributed by atoms with Crippen LogP contribution in [0.15, 0.2) is 48.0 Å². The molecule has 10 nitrogen and oxygen atoms in total. The summed E-state index contributed by atoms with van der Waals surface area (Å²) in [5.74, 6) is -2.18. The van der Waals surface area contributed by atoms with Gasteiger partial charge in [-0.3, -0.25) is 14.9 Å². The van der Waals surface area contributed by atoms with E-state index in [2.05, 4.69) is 5.32 Å². The van der Waals surface area contributed by atoms with Crippen LogP contribution in [0, 0.1) is 0 Å². The number of benzene rings is 2. The predicted octanol–water partition coefficient (Wildman–Crippen LogP) is 2.22. The minimum absolute atomic E-state index is 0.109. The molecule has 4 amide bonds. The van der Waals surface area contributed by atoms with Crippen LogP contribution in [0.1, 0.15) is 12.5 Å². The van der Waals surface area contributed by atoms with Crippen molar-refractivity contribution in [2.75, 3.05) is 19.1 Å². The fraction of sp³-hybridized carbons (Fsp3) is 0.182. The first kappa shape index (κ1) is 22.3. The third-order valence-electron chi connectivity index (χ3n) is 4.60. The molecule has 0 saturated carbocycles. The topological polar surface area (TPSA) is 131 Å². The van der Waals surface area contributed by atoms with E-state index in [1.165, 1.54) is 51.5 Å². The number of hydrogen-bond donors (Lipinski definition) is 2. The van der Waals surface area contributed by atoms with E-state index in [0.29, 0.717) is 5.75 Å². The van der Waals surface area contributed by atoms with Crippen LogP contribution in [-0.2, 0) is 14.4 Å². The Labute approximate surface area is 183 Å². The average molecular weight is 440 g/mol. The number of anilines is 1. The first-order valence-electron chi connectivity index (χ1n) is 9.38. The zero-order valence-electron chi connectivity index (χ0n) is 17.4. The van der Waals surface area contributed by atoms with Gasteiger partial charge in [0.05, 0.1) is 19.9 Å². The molecule has 1 aliphatic rings. The average Bonchev–Trinajstić information content (AvgIpc) is 2.77. The number of methoxy groups -OCH3 is 2. The Morgan fingerprint density at radius 3 is 2.44 bits per heavy atom. The van der Waals surface area contributed by atoms with Crippen molar-refractivity contribution in [3.05, 3.63) is 53.6 Å².